The van der Waals surface area contributed by atoms with E-state index in [1.165, 1.54) is 0 Å². The van der Waals surface area contributed by atoms with Gasteiger partial charge in [0, 0.05) is 23.0 Å². The fourth-order valence-corrected chi connectivity index (χ4v) is 2.71. The molecule has 0 saturated heterocycles. The summed E-state index contributed by atoms with van der Waals surface area (Å²) in [6, 6.07) is 9.09. The van der Waals surface area contributed by atoms with Crippen LogP contribution in [0, 0.1) is 23.7 Å². The lowest BCUT2D eigenvalue weighted by atomic mass is 9.96. The summed E-state index contributed by atoms with van der Waals surface area (Å²) in [4.78, 5) is 0. The summed E-state index contributed by atoms with van der Waals surface area (Å²) in [6.45, 7) is 0. The van der Waals surface area contributed by atoms with Crippen LogP contribution < -0.4 is 0 Å². The molecular formula is C16H11F3. The number of allylic oxidation sites excluding steroid dienone is 4. The van der Waals surface area contributed by atoms with Crippen molar-refractivity contribution in [2.24, 2.45) is 11.8 Å². The first-order valence-corrected chi connectivity index (χ1v) is 6.12. The Morgan fingerprint density at radius 3 is 2.32 bits per heavy atom. The largest absolute Gasteiger partial charge is 0.414 e. The summed E-state index contributed by atoms with van der Waals surface area (Å²) in [5.74, 6) is 4.93. The quantitative estimate of drug-likeness (QED) is 0.486. The Hall–Kier alpha value is -1.95. The van der Waals surface area contributed by atoms with Crippen LogP contribution in [-0.2, 0) is 0 Å². The van der Waals surface area contributed by atoms with Gasteiger partial charge in [-0.2, -0.15) is 13.2 Å². The standard InChI is InChI=1S/C16H11F3/c17-16(18,19)15-13-8-7-12(10-13)14(15)9-6-11-4-2-1-3-5-11/h1-5,7-8,12-13H,10H2. The van der Waals surface area contributed by atoms with Gasteiger partial charge in [-0.15, -0.1) is 0 Å². The molecule has 96 valence electrons. The van der Waals surface area contributed by atoms with Crippen molar-refractivity contribution in [3.8, 4) is 11.8 Å². The SMILES string of the molecule is FC(F)(F)C1=C(C#Cc2ccccc2)C2C=CC1C2. The van der Waals surface area contributed by atoms with Gasteiger partial charge in [0.25, 0.3) is 0 Å². The molecule has 0 aromatic heterocycles. The molecule has 0 spiro atoms. The maximum atomic E-state index is 13.0. The van der Waals surface area contributed by atoms with Crippen molar-refractivity contribution in [2.45, 2.75) is 12.6 Å². The molecule has 2 bridgehead atoms. The molecule has 0 radical (unpaired) electrons. The van der Waals surface area contributed by atoms with Crippen molar-refractivity contribution in [1.29, 1.82) is 0 Å². The van der Waals surface area contributed by atoms with Crippen molar-refractivity contribution < 1.29 is 13.2 Å². The minimum atomic E-state index is -4.27. The van der Waals surface area contributed by atoms with E-state index in [4.69, 9.17) is 0 Å². The molecular weight excluding hydrogens is 249 g/mol. The molecule has 2 aliphatic carbocycles. The number of benzene rings is 1. The minimum absolute atomic E-state index is 0.155. The fraction of sp³-hybridized carbons (Fsp3) is 0.250. The van der Waals surface area contributed by atoms with Crippen LogP contribution in [0.4, 0.5) is 13.2 Å². The second-order valence-corrected chi connectivity index (χ2v) is 4.77. The number of alkyl halides is 3. The monoisotopic (exact) mass is 260 g/mol. The fourth-order valence-electron chi connectivity index (χ4n) is 2.71. The zero-order valence-corrected chi connectivity index (χ0v) is 10.0. The number of hydrogen-bond acceptors (Lipinski definition) is 0. The van der Waals surface area contributed by atoms with E-state index in [0.717, 1.165) is 5.56 Å². The first kappa shape index (κ1) is 12.1. The summed E-state index contributed by atoms with van der Waals surface area (Å²) < 4.78 is 39.1. The molecule has 0 nitrogen and oxygen atoms in total. The zero-order chi connectivity index (χ0) is 13.5. The molecule has 0 fully saturated rings. The lowest BCUT2D eigenvalue weighted by molar-refractivity contribution is -0.0965. The average Bonchev–Trinajstić information content (AvgIpc) is 2.96. The van der Waals surface area contributed by atoms with Crippen LogP contribution in [0.15, 0.2) is 53.6 Å². The number of fused-ring (bicyclic) bond motifs is 2. The van der Waals surface area contributed by atoms with E-state index >= 15 is 0 Å². The van der Waals surface area contributed by atoms with Crippen molar-refractivity contribution in [2.75, 3.05) is 0 Å². The maximum absolute atomic E-state index is 13.0. The minimum Gasteiger partial charge on any atom is -0.166 e. The van der Waals surface area contributed by atoms with Crippen molar-refractivity contribution in [1.82, 2.24) is 0 Å². The van der Waals surface area contributed by atoms with E-state index < -0.39 is 17.7 Å². The molecule has 1 aromatic rings. The third kappa shape index (κ3) is 2.19. The lowest BCUT2D eigenvalue weighted by Crippen LogP contribution is -2.17. The maximum Gasteiger partial charge on any atom is 0.414 e. The predicted octanol–water partition coefficient (Wildman–Crippen LogP) is 4.10. The van der Waals surface area contributed by atoms with E-state index in [9.17, 15) is 13.2 Å². The van der Waals surface area contributed by atoms with Crippen molar-refractivity contribution in [3.05, 3.63) is 59.2 Å². The van der Waals surface area contributed by atoms with Crippen molar-refractivity contribution >= 4 is 0 Å². The van der Waals surface area contributed by atoms with Crippen LogP contribution in [0.3, 0.4) is 0 Å². The van der Waals surface area contributed by atoms with Crippen LogP contribution in [0.25, 0.3) is 0 Å². The van der Waals surface area contributed by atoms with Gasteiger partial charge in [0.2, 0.25) is 0 Å². The van der Waals surface area contributed by atoms with Gasteiger partial charge in [0.05, 0.1) is 5.57 Å². The highest BCUT2D eigenvalue weighted by molar-refractivity contribution is 5.52. The number of rotatable bonds is 0. The molecule has 1 aromatic carbocycles. The second-order valence-electron chi connectivity index (χ2n) is 4.77. The molecule has 2 unspecified atom stereocenters. The number of hydrogen-bond donors (Lipinski definition) is 0. The van der Waals surface area contributed by atoms with E-state index in [-0.39, 0.29) is 11.5 Å². The predicted molar refractivity (Wildman–Crippen MR) is 67.1 cm³/mol. The Morgan fingerprint density at radius 1 is 0.947 bits per heavy atom. The molecule has 0 aliphatic heterocycles. The van der Waals surface area contributed by atoms with Gasteiger partial charge >= 0.3 is 6.18 Å². The highest BCUT2D eigenvalue weighted by Gasteiger charge is 2.47. The number of halogens is 3. The third-order valence-electron chi connectivity index (χ3n) is 3.54. The van der Waals surface area contributed by atoms with Gasteiger partial charge in [-0.25, -0.2) is 0 Å². The Kier molecular flexibility index (Phi) is 2.74. The molecule has 2 aliphatic rings. The van der Waals surface area contributed by atoms with Gasteiger partial charge in [0.15, 0.2) is 0 Å². The Morgan fingerprint density at radius 2 is 1.63 bits per heavy atom. The van der Waals surface area contributed by atoms with Gasteiger partial charge in [-0.3, -0.25) is 0 Å². The molecule has 0 N–H and O–H groups in total. The Balaban J connectivity index is 1.99. The van der Waals surface area contributed by atoms with Crippen LogP contribution >= 0.6 is 0 Å². The summed E-state index contributed by atoms with van der Waals surface area (Å²) in [5.41, 5.74) is 0.551. The molecule has 0 heterocycles. The van der Waals surface area contributed by atoms with Crippen LogP contribution in [0.1, 0.15) is 12.0 Å². The van der Waals surface area contributed by atoms with E-state index in [1.54, 1.807) is 18.2 Å². The molecule has 2 atom stereocenters. The van der Waals surface area contributed by atoms with Crippen molar-refractivity contribution in [3.63, 3.8) is 0 Å². The van der Waals surface area contributed by atoms with Gasteiger partial charge in [0.1, 0.15) is 0 Å². The van der Waals surface area contributed by atoms with Crippen LogP contribution in [0.5, 0.6) is 0 Å². The molecule has 3 heteroatoms. The van der Waals surface area contributed by atoms with Gasteiger partial charge < -0.3 is 0 Å². The average molecular weight is 260 g/mol. The second kappa shape index (κ2) is 4.31. The first-order chi connectivity index (χ1) is 9.05. The zero-order valence-electron chi connectivity index (χ0n) is 10.0. The molecule has 0 saturated carbocycles. The van der Waals surface area contributed by atoms with E-state index in [1.807, 2.05) is 24.3 Å². The lowest BCUT2D eigenvalue weighted by Gasteiger charge is -2.15. The molecule has 19 heavy (non-hydrogen) atoms. The summed E-state index contributed by atoms with van der Waals surface area (Å²) >= 11 is 0. The first-order valence-electron chi connectivity index (χ1n) is 6.12. The highest BCUT2D eigenvalue weighted by Crippen LogP contribution is 2.49. The van der Waals surface area contributed by atoms with Gasteiger partial charge in [-0.05, 0) is 18.6 Å². The van der Waals surface area contributed by atoms with E-state index in [0.29, 0.717) is 6.42 Å². The molecule has 3 rings (SSSR count). The Labute approximate surface area is 109 Å². The van der Waals surface area contributed by atoms with E-state index in [2.05, 4.69) is 11.8 Å². The highest BCUT2D eigenvalue weighted by atomic mass is 19.4. The molecule has 0 amide bonds. The van der Waals surface area contributed by atoms with Crippen LogP contribution in [-0.4, -0.2) is 6.18 Å². The Bertz CT molecular complexity index is 609. The van der Waals surface area contributed by atoms with Crippen LogP contribution in [0.2, 0.25) is 0 Å². The summed E-state index contributed by atoms with van der Waals surface area (Å²) in [5, 5.41) is 0. The van der Waals surface area contributed by atoms with Gasteiger partial charge in [-0.1, -0.05) is 42.2 Å². The summed E-state index contributed by atoms with van der Waals surface area (Å²) in [7, 11) is 0. The smallest absolute Gasteiger partial charge is 0.166 e. The normalized spacial score (nSPS) is 24.6. The topological polar surface area (TPSA) is 0 Å². The summed E-state index contributed by atoms with van der Waals surface area (Å²) in [6.07, 6.45) is -0.255. The third-order valence-corrected chi connectivity index (χ3v) is 3.54.